The molecule has 1 N–H and O–H groups in total. The zero-order valence-corrected chi connectivity index (χ0v) is 11.3. The zero-order chi connectivity index (χ0) is 13.2. The molecule has 1 aromatic carbocycles. The van der Waals surface area contributed by atoms with Gasteiger partial charge >= 0.3 is 5.97 Å². The molecule has 1 unspecified atom stereocenters. The summed E-state index contributed by atoms with van der Waals surface area (Å²) in [5.41, 5.74) is 2.72. The quantitative estimate of drug-likeness (QED) is 0.896. The van der Waals surface area contributed by atoms with Gasteiger partial charge in [-0.1, -0.05) is 18.5 Å². The van der Waals surface area contributed by atoms with E-state index in [0.29, 0.717) is 10.8 Å². The van der Waals surface area contributed by atoms with Crippen LogP contribution < -0.4 is 4.74 Å². The molecule has 0 fully saturated rings. The SMILES string of the molecule is COc1cc(C)c(Cl)c(C)c1C(C)CC(=O)O. The Morgan fingerprint density at radius 3 is 2.59 bits per heavy atom. The van der Waals surface area contributed by atoms with Crippen LogP contribution >= 0.6 is 11.6 Å². The highest BCUT2D eigenvalue weighted by Gasteiger charge is 2.20. The van der Waals surface area contributed by atoms with Crippen LogP contribution in [0.4, 0.5) is 0 Å². The second kappa shape index (κ2) is 5.41. The highest BCUT2D eigenvalue weighted by Crippen LogP contribution is 2.37. The number of halogens is 1. The first-order valence-electron chi connectivity index (χ1n) is 5.43. The number of benzene rings is 1. The van der Waals surface area contributed by atoms with E-state index < -0.39 is 5.97 Å². The maximum absolute atomic E-state index is 10.8. The van der Waals surface area contributed by atoms with E-state index in [1.165, 1.54) is 0 Å². The van der Waals surface area contributed by atoms with Crippen LogP contribution in [0.3, 0.4) is 0 Å². The Hall–Kier alpha value is -1.22. The van der Waals surface area contributed by atoms with Crippen LogP contribution in [0.25, 0.3) is 0 Å². The Morgan fingerprint density at radius 1 is 1.53 bits per heavy atom. The van der Waals surface area contributed by atoms with Gasteiger partial charge in [-0.25, -0.2) is 0 Å². The third kappa shape index (κ3) is 2.91. The zero-order valence-electron chi connectivity index (χ0n) is 10.5. The first-order valence-corrected chi connectivity index (χ1v) is 5.81. The summed E-state index contributed by atoms with van der Waals surface area (Å²) in [6.07, 6.45) is 0.0661. The Bertz CT molecular complexity index is 441. The summed E-state index contributed by atoms with van der Waals surface area (Å²) in [7, 11) is 1.58. The number of ether oxygens (including phenoxy) is 1. The number of rotatable bonds is 4. The van der Waals surface area contributed by atoms with Gasteiger partial charge < -0.3 is 9.84 Å². The van der Waals surface area contributed by atoms with Gasteiger partial charge in [0.2, 0.25) is 0 Å². The molecule has 0 spiro atoms. The van der Waals surface area contributed by atoms with Gasteiger partial charge in [0.05, 0.1) is 13.5 Å². The highest BCUT2D eigenvalue weighted by atomic mass is 35.5. The molecule has 0 saturated carbocycles. The van der Waals surface area contributed by atoms with Gasteiger partial charge in [0.25, 0.3) is 0 Å². The van der Waals surface area contributed by atoms with Crippen LogP contribution in [0.5, 0.6) is 5.75 Å². The van der Waals surface area contributed by atoms with Crippen LogP contribution in [0, 0.1) is 13.8 Å². The fourth-order valence-corrected chi connectivity index (χ4v) is 2.24. The number of aliphatic carboxylic acids is 1. The molecule has 0 bridgehead atoms. The van der Waals surface area contributed by atoms with E-state index in [4.69, 9.17) is 21.4 Å². The van der Waals surface area contributed by atoms with Crippen molar-refractivity contribution in [1.82, 2.24) is 0 Å². The fraction of sp³-hybridized carbons (Fsp3) is 0.462. The maximum Gasteiger partial charge on any atom is 0.303 e. The lowest BCUT2D eigenvalue weighted by molar-refractivity contribution is -0.137. The third-order valence-electron chi connectivity index (χ3n) is 2.89. The molecule has 1 atom stereocenters. The second-order valence-electron chi connectivity index (χ2n) is 4.25. The molecular weight excluding hydrogens is 240 g/mol. The van der Waals surface area contributed by atoms with Gasteiger partial charge in [0.1, 0.15) is 5.75 Å². The summed E-state index contributed by atoms with van der Waals surface area (Å²) in [6, 6.07) is 1.85. The van der Waals surface area contributed by atoms with E-state index in [0.717, 1.165) is 16.7 Å². The van der Waals surface area contributed by atoms with Crippen molar-refractivity contribution in [2.45, 2.75) is 33.1 Å². The molecule has 3 nitrogen and oxygen atoms in total. The monoisotopic (exact) mass is 256 g/mol. The summed E-state index contributed by atoms with van der Waals surface area (Å²) >= 11 is 6.19. The van der Waals surface area contributed by atoms with Crippen molar-refractivity contribution < 1.29 is 14.6 Å². The first kappa shape index (κ1) is 13.8. The molecule has 0 amide bonds. The van der Waals surface area contributed by atoms with Crippen LogP contribution in [-0.4, -0.2) is 18.2 Å². The number of carbonyl (C=O) groups is 1. The predicted molar refractivity (Wildman–Crippen MR) is 68.1 cm³/mol. The van der Waals surface area contributed by atoms with Crippen molar-refractivity contribution >= 4 is 17.6 Å². The number of carboxylic acid groups (broad SMARTS) is 1. The number of hydrogen-bond acceptors (Lipinski definition) is 2. The molecule has 0 aromatic heterocycles. The lowest BCUT2D eigenvalue weighted by Crippen LogP contribution is -2.07. The van der Waals surface area contributed by atoms with Crippen LogP contribution in [-0.2, 0) is 4.79 Å². The summed E-state index contributed by atoms with van der Waals surface area (Å²) in [4.78, 5) is 10.8. The molecule has 0 radical (unpaired) electrons. The summed E-state index contributed by atoms with van der Waals surface area (Å²) in [5.74, 6) is -0.241. The van der Waals surface area contributed by atoms with Crippen molar-refractivity contribution in [3.63, 3.8) is 0 Å². The Morgan fingerprint density at radius 2 is 2.12 bits per heavy atom. The van der Waals surface area contributed by atoms with Gasteiger partial charge in [0, 0.05) is 10.6 Å². The number of aryl methyl sites for hydroxylation is 1. The average molecular weight is 257 g/mol. The molecule has 0 saturated heterocycles. The van der Waals surface area contributed by atoms with Crippen molar-refractivity contribution in [3.8, 4) is 5.75 Å². The standard InChI is InChI=1S/C13H17ClO3/c1-7(6-11(15)16)12-9(3)13(14)8(2)5-10(12)17-4/h5,7H,6H2,1-4H3,(H,15,16). The van der Waals surface area contributed by atoms with Crippen molar-refractivity contribution in [1.29, 1.82) is 0 Å². The van der Waals surface area contributed by atoms with Gasteiger partial charge in [0.15, 0.2) is 0 Å². The minimum atomic E-state index is -0.823. The predicted octanol–water partition coefficient (Wildman–Crippen LogP) is 3.54. The number of hydrogen-bond donors (Lipinski definition) is 1. The smallest absolute Gasteiger partial charge is 0.303 e. The van der Waals surface area contributed by atoms with Gasteiger partial charge in [-0.2, -0.15) is 0 Å². The topological polar surface area (TPSA) is 46.5 Å². The van der Waals surface area contributed by atoms with Gasteiger partial charge in [-0.05, 0) is 37.0 Å². The van der Waals surface area contributed by atoms with Gasteiger partial charge in [-0.3, -0.25) is 4.79 Å². The van der Waals surface area contributed by atoms with Gasteiger partial charge in [-0.15, -0.1) is 0 Å². The van der Waals surface area contributed by atoms with Crippen molar-refractivity contribution in [3.05, 3.63) is 27.8 Å². The molecule has 4 heteroatoms. The van der Waals surface area contributed by atoms with E-state index in [2.05, 4.69) is 0 Å². The third-order valence-corrected chi connectivity index (χ3v) is 3.47. The normalized spacial score (nSPS) is 12.3. The van der Waals surface area contributed by atoms with E-state index >= 15 is 0 Å². The first-order chi connectivity index (χ1) is 7.88. The van der Waals surface area contributed by atoms with E-state index in [9.17, 15) is 4.79 Å². The van der Waals surface area contributed by atoms with E-state index in [1.54, 1.807) is 7.11 Å². The molecule has 1 rings (SSSR count). The summed E-state index contributed by atoms with van der Waals surface area (Å²) in [5, 5.41) is 9.53. The lowest BCUT2D eigenvalue weighted by atomic mass is 9.91. The Labute approximate surface area is 106 Å². The lowest BCUT2D eigenvalue weighted by Gasteiger charge is -2.19. The molecule has 1 aromatic rings. The minimum absolute atomic E-state index is 0.0661. The number of carboxylic acids is 1. The molecular formula is C13H17ClO3. The highest BCUT2D eigenvalue weighted by molar-refractivity contribution is 6.32. The van der Waals surface area contributed by atoms with Crippen LogP contribution in [0.1, 0.15) is 36.0 Å². The van der Waals surface area contributed by atoms with Crippen molar-refractivity contribution in [2.24, 2.45) is 0 Å². The minimum Gasteiger partial charge on any atom is -0.496 e. The molecule has 0 heterocycles. The molecule has 0 aliphatic heterocycles. The van der Waals surface area contributed by atoms with Crippen LogP contribution in [0.2, 0.25) is 5.02 Å². The molecule has 94 valence electrons. The molecule has 0 aliphatic carbocycles. The second-order valence-corrected chi connectivity index (χ2v) is 4.63. The average Bonchev–Trinajstić information content (AvgIpc) is 2.23. The molecule has 17 heavy (non-hydrogen) atoms. The summed E-state index contributed by atoms with van der Waals surface area (Å²) < 4.78 is 5.31. The van der Waals surface area contributed by atoms with E-state index in [1.807, 2.05) is 26.8 Å². The van der Waals surface area contributed by atoms with E-state index in [-0.39, 0.29) is 12.3 Å². The largest absolute Gasteiger partial charge is 0.496 e. The Kier molecular flexibility index (Phi) is 4.40. The maximum atomic E-state index is 10.8. The fourth-order valence-electron chi connectivity index (χ4n) is 2.08. The summed E-state index contributed by atoms with van der Waals surface area (Å²) in [6.45, 7) is 5.67. The van der Waals surface area contributed by atoms with Crippen LogP contribution in [0.15, 0.2) is 6.07 Å². The molecule has 0 aliphatic rings. The Balaban J connectivity index is 3.30. The number of methoxy groups -OCH3 is 1. The van der Waals surface area contributed by atoms with Crippen molar-refractivity contribution in [2.75, 3.05) is 7.11 Å².